The molecule has 0 fully saturated rings. The zero-order chi connectivity index (χ0) is 13.2. The lowest BCUT2D eigenvalue weighted by molar-refractivity contribution is -0.141. The van der Waals surface area contributed by atoms with E-state index in [1.54, 1.807) is 6.92 Å². The summed E-state index contributed by atoms with van der Waals surface area (Å²) in [5.74, 6) is -2.00. The number of carbonyl (C=O) groups excluding carboxylic acids is 1. The van der Waals surface area contributed by atoms with E-state index in [9.17, 15) is 17.6 Å². The predicted octanol–water partition coefficient (Wildman–Crippen LogP) is 1.51. The maximum Gasteiger partial charge on any atom is 0.312 e. The number of hydrogen-bond acceptors (Lipinski definition) is 4. The lowest BCUT2D eigenvalue weighted by Crippen LogP contribution is -2.11. The summed E-state index contributed by atoms with van der Waals surface area (Å²) < 4.78 is 40.5. The highest BCUT2D eigenvalue weighted by Gasteiger charge is 2.19. The van der Waals surface area contributed by atoms with Crippen LogP contribution in [0.25, 0.3) is 0 Å². The highest BCUT2D eigenvalue weighted by molar-refractivity contribution is 7.90. The van der Waals surface area contributed by atoms with Crippen molar-refractivity contribution in [1.82, 2.24) is 0 Å². The lowest BCUT2D eigenvalue weighted by Gasteiger charge is -2.10. The highest BCUT2D eigenvalue weighted by atomic mass is 32.2. The van der Waals surface area contributed by atoms with Crippen LogP contribution in [0.4, 0.5) is 4.39 Å². The van der Waals surface area contributed by atoms with Gasteiger partial charge in [-0.3, -0.25) is 4.79 Å². The molecule has 1 atom stereocenters. The number of hydrogen-bond donors (Lipinski definition) is 0. The van der Waals surface area contributed by atoms with Crippen LogP contribution >= 0.6 is 0 Å². The SMILES string of the molecule is COC(=O)[C@H](C)c1ccc(S(C)(=O)=O)c(F)c1. The summed E-state index contributed by atoms with van der Waals surface area (Å²) in [5, 5.41) is 0. The van der Waals surface area contributed by atoms with Gasteiger partial charge in [0.1, 0.15) is 10.7 Å². The average Bonchev–Trinajstić information content (AvgIpc) is 2.25. The average molecular weight is 260 g/mol. The molecule has 0 heterocycles. The van der Waals surface area contributed by atoms with Gasteiger partial charge in [0.05, 0.1) is 13.0 Å². The molecule has 17 heavy (non-hydrogen) atoms. The van der Waals surface area contributed by atoms with Gasteiger partial charge in [-0.25, -0.2) is 12.8 Å². The molecule has 94 valence electrons. The molecule has 0 unspecified atom stereocenters. The second-order valence-electron chi connectivity index (χ2n) is 3.71. The molecule has 1 rings (SSSR count). The van der Waals surface area contributed by atoms with E-state index in [2.05, 4.69) is 4.74 Å². The number of rotatable bonds is 3. The number of methoxy groups -OCH3 is 1. The van der Waals surface area contributed by atoms with Crippen molar-refractivity contribution in [3.05, 3.63) is 29.6 Å². The van der Waals surface area contributed by atoms with Gasteiger partial charge in [0.15, 0.2) is 9.84 Å². The highest BCUT2D eigenvalue weighted by Crippen LogP contribution is 2.22. The molecule has 1 aromatic carbocycles. The summed E-state index contributed by atoms with van der Waals surface area (Å²) in [4.78, 5) is 10.9. The van der Waals surface area contributed by atoms with Crippen molar-refractivity contribution in [3.8, 4) is 0 Å². The summed E-state index contributed by atoms with van der Waals surface area (Å²) in [6, 6.07) is 3.60. The molecule has 0 spiro atoms. The van der Waals surface area contributed by atoms with E-state index in [1.165, 1.54) is 13.2 Å². The van der Waals surface area contributed by atoms with Gasteiger partial charge in [-0.15, -0.1) is 0 Å². The Bertz CT molecular complexity index is 536. The van der Waals surface area contributed by atoms with E-state index in [0.29, 0.717) is 5.56 Å². The quantitative estimate of drug-likeness (QED) is 0.773. The van der Waals surface area contributed by atoms with E-state index in [-0.39, 0.29) is 4.90 Å². The van der Waals surface area contributed by atoms with E-state index in [0.717, 1.165) is 18.4 Å². The van der Waals surface area contributed by atoms with Crippen LogP contribution in [-0.4, -0.2) is 27.8 Å². The normalized spacial score (nSPS) is 13.2. The molecule has 0 aliphatic rings. The Morgan fingerprint density at radius 3 is 2.41 bits per heavy atom. The number of ether oxygens (including phenoxy) is 1. The van der Waals surface area contributed by atoms with Gasteiger partial charge in [0.25, 0.3) is 0 Å². The first-order valence-electron chi connectivity index (χ1n) is 4.84. The maximum atomic E-state index is 13.5. The van der Waals surface area contributed by atoms with Crippen LogP contribution < -0.4 is 0 Å². The van der Waals surface area contributed by atoms with Crippen molar-refractivity contribution >= 4 is 15.8 Å². The molecule has 0 aromatic heterocycles. The van der Waals surface area contributed by atoms with E-state index >= 15 is 0 Å². The van der Waals surface area contributed by atoms with Crippen LogP contribution in [0.1, 0.15) is 18.4 Å². The molecule has 0 aliphatic carbocycles. The van der Waals surface area contributed by atoms with E-state index < -0.39 is 27.5 Å². The summed E-state index contributed by atoms with van der Waals surface area (Å²) in [6.07, 6.45) is 0.925. The molecule has 0 bridgehead atoms. The monoisotopic (exact) mass is 260 g/mol. The van der Waals surface area contributed by atoms with Crippen LogP contribution in [0.15, 0.2) is 23.1 Å². The fraction of sp³-hybridized carbons (Fsp3) is 0.364. The fourth-order valence-electron chi connectivity index (χ4n) is 1.40. The molecule has 0 N–H and O–H groups in total. The molecular weight excluding hydrogens is 247 g/mol. The number of esters is 1. The molecule has 0 saturated carbocycles. The standard InChI is InChI=1S/C11H13FO4S/c1-7(11(13)16-2)8-4-5-10(9(12)6-8)17(3,14)15/h4-7H,1-3H3/t7-/m1/s1. The van der Waals surface area contributed by atoms with Crippen molar-refractivity contribution in [2.75, 3.05) is 13.4 Å². The van der Waals surface area contributed by atoms with Gasteiger partial charge in [-0.1, -0.05) is 6.07 Å². The molecule has 0 radical (unpaired) electrons. The number of carbonyl (C=O) groups is 1. The number of benzene rings is 1. The molecule has 0 amide bonds. The molecule has 0 aliphatic heterocycles. The Balaban J connectivity index is 3.18. The zero-order valence-corrected chi connectivity index (χ0v) is 10.5. The molecule has 1 aromatic rings. The van der Waals surface area contributed by atoms with Crippen molar-refractivity contribution in [3.63, 3.8) is 0 Å². The van der Waals surface area contributed by atoms with Crippen molar-refractivity contribution in [1.29, 1.82) is 0 Å². The second kappa shape index (κ2) is 4.83. The van der Waals surface area contributed by atoms with Gasteiger partial charge >= 0.3 is 5.97 Å². The largest absolute Gasteiger partial charge is 0.469 e. The lowest BCUT2D eigenvalue weighted by atomic mass is 10.0. The first kappa shape index (κ1) is 13.6. The van der Waals surface area contributed by atoms with Crippen LogP contribution in [0.5, 0.6) is 0 Å². The van der Waals surface area contributed by atoms with Crippen LogP contribution in [-0.2, 0) is 19.4 Å². The van der Waals surface area contributed by atoms with Gasteiger partial charge in [-0.05, 0) is 24.6 Å². The van der Waals surface area contributed by atoms with Crippen molar-refractivity contribution in [2.45, 2.75) is 17.7 Å². The minimum absolute atomic E-state index is 0.377. The van der Waals surface area contributed by atoms with Crippen LogP contribution in [0.2, 0.25) is 0 Å². The third-order valence-corrected chi connectivity index (χ3v) is 3.54. The fourth-order valence-corrected chi connectivity index (χ4v) is 2.13. The Morgan fingerprint density at radius 1 is 1.41 bits per heavy atom. The Morgan fingerprint density at radius 2 is 2.00 bits per heavy atom. The van der Waals surface area contributed by atoms with Gasteiger partial charge in [-0.2, -0.15) is 0 Å². The Kier molecular flexibility index (Phi) is 3.87. The summed E-state index contributed by atoms with van der Waals surface area (Å²) in [7, 11) is -2.36. The molecule has 6 heteroatoms. The van der Waals surface area contributed by atoms with E-state index in [4.69, 9.17) is 0 Å². The topological polar surface area (TPSA) is 60.4 Å². The molecular formula is C11H13FO4S. The number of sulfone groups is 1. The summed E-state index contributed by atoms with van der Waals surface area (Å²) >= 11 is 0. The number of halogens is 1. The first-order valence-corrected chi connectivity index (χ1v) is 6.74. The zero-order valence-electron chi connectivity index (χ0n) is 9.73. The van der Waals surface area contributed by atoms with Crippen molar-refractivity contribution in [2.24, 2.45) is 0 Å². The third-order valence-electron chi connectivity index (χ3n) is 2.41. The maximum absolute atomic E-state index is 13.5. The Hall–Kier alpha value is -1.43. The van der Waals surface area contributed by atoms with E-state index in [1.807, 2.05) is 0 Å². The first-order chi connectivity index (χ1) is 7.77. The van der Waals surface area contributed by atoms with Gasteiger partial charge in [0.2, 0.25) is 0 Å². The predicted molar refractivity (Wildman–Crippen MR) is 59.9 cm³/mol. The second-order valence-corrected chi connectivity index (χ2v) is 5.69. The summed E-state index contributed by atoms with van der Waals surface area (Å²) in [6.45, 7) is 1.56. The Labute approximate surface area is 99.3 Å². The smallest absolute Gasteiger partial charge is 0.312 e. The third kappa shape index (κ3) is 3.03. The summed E-state index contributed by atoms with van der Waals surface area (Å²) in [5.41, 5.74) is 0.377. The van der Waals surface area contributed by atoms with Crippen LogP contribution in [0, 0.1) is 5.82 Å². The molecule has 0 saturated heterocycles. The minimum Gasteiger partial charge on any atom is -0.469 e. The minimum atomic E-state index is -3.59. The van der Waals surface area contributed by atoms with Crippen LogP contribution in [0.3, 0.4) is 0 Å². The van der Waals surface area contributed by atoms with Gasteiger partial charge < -0.3 is 4.74 Å². The van der Waals surface area contributed by atoms with Gasteiger partial charge in [0, 0.05) is 6.26 Å². The molecule has 4 nitrogen and oxygen atoms in total. The van der Waals surface area contributed by atoms with Crippen molar-refractivity contribution < 1.29 is 22.3 Å².